The van der Waals surface area contributed by atoms with E-state index >= 15 is 0 Å². The maximum atomic E-state index is 13.3. The van der Waals surface area contributed by atoms with Crippen LogP contribution in [0.1, 0.15) is 5.56 Å². The standard InChI is InChI=1S/C10H8F2N2O/c11-6-2-8(12)7-1-5(4-13)10(15)14-9(7)3-6/h1-3H,4,13H2,(H,14,15). The van der Waals surface area contributed by atoms with Crippen molar-refractivity contribution in [1.82, 2.24) is 4.98 Å². The third-order valence-electron chi connectivity index (χ3n) is 2.17. The van der Waals surface area contributed by atoms with Crippen molar-refractivity contribution in [2.45, 2.75) is 6.54 Å². The molecule has 1 heterocycles. The summed E-state index contributed by atoms with van der Waals surface area (Å²) >= 11 is 0. The molecule has 0 spiro atoms. The predicted molar refractivity (Wildman–Crippen MR) is 52.4 cm³/mol. The number of pyridine rings is 1. The number of aromatic nitrogens is 1. The number of H-pyrrole nitrogens is 1. The van der Waals surface area contributed by atoms with Gasteiger partial charge in [0.1, 0.15) is 11.6 Å². The molecule has 0 aliphatic rings. The average Bonchev–Trinajstić information content (AvgIpc) is 2.16. The molecule has 0 unspecified atom stereocenters. The molecule has 2 rings (SSSR count). The van der Waals surface area contributed by atoms with Crippen molar-refractivity contribution in [3.8, 4) is 0 Å². The summed E-state index contributed by atoms with van der Waals surface area (Å²) in [6.45, 7) is 0.0160. The first-order valence-electron chi connectivity index (χ1n) is 4.33. The molecule has 0 atom stereocenters. The molecule has 5 heteroatoms. The van der Waals surface area contributed by atoms with Gasteiger partial charge in [-0.3, -0.25) is 4.79 Å². The lowest BCUT2D eigenvalue weighted by atomic mass is 10.1. The summed E-state index contributed by atoms with van der Waals surface area (Å²) in [5.41, 5.74) is 5.29. The average molecular weight is 210 g/mol. The molecular formula is C10H8F2N2O. The minimum absolute atomic E-state index is 0.0160. The second-order valence-electron chi connectivity index (χ2n) is 3.18. The summed E-state index contributed by atoms with van der Waals surface area (Å²) in [7, 11) is 0. The molecular weight excluding hydrogens is 202 g/mol. The molecule has 2 aromatic rings. The summed E-state index contributed by atoms with van der Waals surface area (Å²) in [5.74, 6) is -1.44. The first-order valence-corrected chi connectivity index (χ1v) is 4.33. The molecule has 0 bridgehead atoms. The molecule has 3 nitrogen and oxygen atoms in total. The minimum Gasteiger partial charge on any atom is -0.326 e. The Balaban J connectivity index is 2.87. The van der Waals surface area contributed by atoms with E-state index in [1.807, 2.05) is 0 Å². The van der Waals surface area contributed by atoms with Crippen molar-refractivity contribution in [3.05, 3.63) is 45.8 Å². The number of hydrogen-bond acceptors (Lipinski definition) is 2. The van der Waals surface area contributed by atoms with Crippen LogP contribution < -0.4 is 11.3 Å². The van der Waals surface area contributed by atoms with Crippen LogP contribution in [0.5, 0.6) is 0 Å². The molecule has 3 N–H and O–H groups in total. The molecule has 0 aliphatic carbocycles. The Hall–Kier alpha value is -1.75. The number of nitrogens with two attached hydrogens (primary N) is 1. The van der Waals surface area contributed by atoms with E-state index in [0.29, 0.717) is 0 Å². The Morgan fingerprint density at radius 1 is 1.27 bits per heavy atom. The van der Waals surface area contributed by atoms with Gasteiger partial charge in [-0.05, 0) is 12.1 Å². The smallest absolute Gasteiger partial charge is 0.252 e. The number of hydrogen-bond donors (Lipinski definition) is 2. The number of aromatic amines is 1. The largest absolute Gasteiger partial charge is 0.326 e. The van der Waals surface area contributed by atoms with Crippen LogP contribution in [-0.4, -0.2) is 4.98 Å². The van der Waals surface area contributed by atoms with Crippen LogP contribution in [0.4, 0.5) is 8.78 Å². The van der Waals surface area contributed by atoms with Crippen molar-refractivity contribution in [3.63, 3.8) is 0 Å². The Bertz CT molecular complexity index is 577. The van der Waals surface area contributed by atoms with Crippen LogP contribution in [0.3, 0.4) is 0 Å². The highest BCUT2D eigenvalue weighted by atomic mass is 19.1. The van der Waals surface area contributed by atoms with Gasteiger partial charge in [-0.1, -0.05) is 0 Å². The Morgan fingerprint density at radius 3 is 2.67 bits per heavy atom. The van der Waals surface area contributed by atoms with Gasteiger partial charge in [-0.2, -0.15) is 0 Å². The Kier molecular flexibility index (Phi) is 2.24. The van der Waals surface area contributed by atoms with Gasteiger partial charge in [0.15, 0.2) is 0 Å². The first kappa shape index (κ1) is 9.79. The molecule has 0 saturated heterocycles. The van der Waals surface area contributed by atoms with Crippen molar-refractivity contribution in [1.29, 1.82) is 0 Å². The number of fused-ring (bicyclic) bond motifs is 1. The fraction of sp³-hybridized carbons (Fsp3) is 0.100. The Labute approximate surface area is 83.5 Å². The summed E-state index contributed by atoms with van der Waals surface area (Å²) in [5, 5.41) is 0.163. The van der Waals surface area contributed by atoms with Crippen LogP contribution in [0.25, 0.3) is 10.9 Å². The van der Waals surface area contributed by atoms with Gasteiger partial charge >= 0.3 is 0 Å². The summed E-state index contributed by atoms with van der Waals surface area (Å²) in [6.07, 6.45) is 0. The maximum Gasteiger partial charge on any atom is 0.252 e. The molecule has 0 fully saturated rings. The zero-order chi connectivity index (χ0) is 11.0. The van der Waals surface area contributed by atoms with Crippen LogP contribution in [0, 0.1) is 11.6 Å². The fourth-order valence-electron chi connectivity index (χ4n) is 1.43. The maximum absolute atomic E-state index is 13.3. The molecule has 0 amide bonds. The second kappa shape index (κ2) is 3.43. The van der Waals surface area contributed by atoms with E-state index in [2.05, 4.69) is 4.98 Å². The van der Waals surface area contributed by atoms with E-state index in [1.54, 1.807) is 0 Å². The molecule has 1 aromatic heterocycles. The van der Waals surface area contributed by atoms with E-state index in [1.165, 1.54) is 6.07 Å². The lowest BCUT2D eigenvalue weighted by Gasteiger charge is -2.02. The number of halogens is 2. The van der Waals surface area contributed by atoms with Crippen LogP contribution in [-0.2, 0) is 6.54 Å². The minimum atomic E-state index is -0.726. The van der Waals surface area contributed by atoms with Crippen LogP contribution >= 0.6 is 0 Å². The number of benzene rings is 1. The topological polar surface area (TPSA) is 58.9 Å². The van der Waals surface area contributed by atoms with Crippen molar-refractivity contribution in [2.24, 2.45) is 5.73 Å². The quantitative estimate of drug-likeness (QED) is 0.744. The second-order valence-corrected chi connectivity index (χ2v) is 3.18. The molecule has 1 aromatic carbocycles. The van der Waals surface area contributed by atoms with Gasteiger partial charge in [0.25, 0.3) is 5.56 Å². The lowest BCUT2D eigenvalue weighted by Crippen LogP contribution is -2.15. The Morgan fingerprint density at radius 2 is 2.00 bits per heavy atom. The third kappa shape index (κ3) is 1.61. The SMILES string of the molecule is NCc1cc2c(F)cc(F)cc2[nH]c1=O. The van der Waals surface area contributed by atoms with E-state index < -0.39 is 17.2 Å². The monoisotopic (exact) mass is 210 g/mol. The molecule has 15 heavy (non-hydrogen) atoms. The summed E-state index contributed by atoms with van der Waals surface area (Å²) < 4.78 is 26.1. The van der Waals surface area contributed by atoms with Gasteiger partial charge in [0.2, 0.25) is 0 Å². The van der Waals surface area contributed by atoms with Gasteiger partial charge in [0.05, 0.1) is 5.52 Å². The van der Waals surface area contributed by atoms with E-state index in [0.717, 1.165) is 12.1 Å². The highest BCUT2D eigenvalue weighted by molar-refractivity contribution is 5.79. The first-order chi connectivity index (χ1) is 7.11. The van der Waals surface area contributed by atoms with E-state index in [4.69, 9.17) is 5.73 Å². The number of rotatable bonds is 1. The van der Waals surface area contributed by atoms with Crippen molar-refractivity contribution >= 4 is 10.9 Å². The van der Waals surface area contributed by atoms with E-state index in [9.17, 15) is 13.6 Å². The molecule has 0 aliphatic heterocycles. The number of nitrogens with one attached hydrogen (secondary N) is 1. The molecule has 0 radical (unpaired) electrons. The van der Waals surface area contributed by atoms with Gasteiger partial charge < -0.3 is 10.7 Å². The fourth-order valence-corrected chi connectivity index (χ4v) is 1.43. The zero-order valence-corrected chi connectivity index (χ0v) is 7.68. The van der Waals surface area contributed by atoms with Gasteiger partial charge in [0, 0.05) is 23.6 Å². The lowest BCUT2D eigenvalue weighted by molar-refractivity contribution is 0.591. The van der Waals surface area contributed by atoms with Crippen LogP contribution in [0.15, 0.2) is 23.0 Å². The van der Waals surface area contributed by atoms with Gasteiger partial charge in [-0.15, -0.1) is 0 Å². The third-order valence-corrected chi connectivity index (χ3v) is 2.17. The normalized spacial score (nSPS) is 10.9. The molecule has 0 saturated carbocycles. The van der Waals surface area contributed by atoms with Crippen molar-refractivity contribution in [2.75, 3.05) is 0 Å². The summed E-state index contributed by atoms with van der Waals surface area (Å²) in [4.78, 5) is 13.7. The summed E-state index contributed by atoms with van der Waals surface area (Å²) in [6, 6.07) is 3.17. The van der Waals surface area contributed by atoms with Crippen LogP contribution in [0.2, 0.25) is 0 Å². The highest BCUT2D eigenvalue weighted by Gasteiger charge is 2.07. The zero-order valence-electron chi connectivity index (χ0n) is 7.68. The predicted octanol–water partition coefficient (Wildman–Crippen LogP) is 1.26. The van der Waals surface area contributed by atoms with Gasteiger partial charge in [-0.25, -0.2) is 8.78 Å². The highest BCUT2D eigenvalue weighted by Crippen LogP contribution is 2.17. The van der Waals surface area contributed by atoms with E-state index in [-0.39, 0.29) is 23.0 Å². The molecule has 78 valence electrons. The van der Waals surface area contributed by atoms with Crippen molar-refractivity contribution < 1.29 is 8.78 Å².